The third-order valence-electron chi connectivity index (χ3n) is 1.60. The molecule has 0 aliphatic rings. The first-order chi connectivity index (χ1) is 6.63. The van der Waals surface area contributed by atoms with E-state index in [0.717, 1.165) is 0 Å². The monoisotopic (exact) mass is 233 g/mol. The predicted molar refractivity (Wildman–Crippen MR) is 58.5 cm³/mol. The van der Waals surface area contributed by atoms with Crippen LogP contribution in [0.2, 0.25) is 5.28 Å². The van der Waals surface area contributed by atoms with Crippen molar-refractivity contribution in [1.29, 1.82) is 0 Å². The van der Waals surface area contributed by atoms with Crippen molar-refractivity contribution in [3.63, 3.8) is 0 Å². The summed E-state index contributed by atoms with van der Waals surface area (Å²) < 4.78 is 0. The highest BCUT2D eigenvalue weighted by molar-refractivity contribution is 8.00. The fraction of sp³-hybridized carbons (Fsp3) is 0.500. The van der Waals surface area contributed by atoms with Crippen molar-refractivity contribution in [1.82, 2.24) is 9.97 Å². The van der Waals surface area contributed by atoms with Crippen molar-refractivity contribution in [3.8, 4) is 0 Å². The van der Waals surface area contributed by atoms with Crippen LogP contribution in [-0.4, -0.2) is 26.9 Å². The minimum absolute atomic E-state index is 0.160. The zero-order chi connectivity index (χ0) is 10.6. The number of nitrogens with two attached hydrogens (primary N) is 1. The summed E-state index contributed by atoms with van der Waals surface area (Å²) in [6.07, 6.45) is 2.19. The SMILES string of the molecule is CC(CCO)Sc1nc(Cl)ncc1N. The van der Waals surface area contributed by atoms with Gasteiger partial charge in [-0.3, -0.25) is 0 Å². The lowest BCUT2D eigenvalue weighted by Gasteiger charge is -2.09. The zero-order valence-electron chi connectivity index (χ0n) is 7.77. The molecule has 0 fully saturated rings. The standard InChI is InChI=1S/C8H12ClN3OS/c1-5(2-3-13)14-7-6(10)4-11-8(9)12-7/h4-5,13H,2-3,10H2,1H3. The van der Waals surface area contributed by atoms with Crippen molar-refractivity contribution in [2.45, 2.75) is 23.6 Å². The number of anilines is 1. The number of nitrogen functional groups attached to an aromatic ring is 1. The second-order valence-electron chi connectivity index (χ2n) is 2.84. The van der Waals surface area contributed by atoms with Gasteiger partial charge in [0.25, 0.3) is 0 Å². The van der Waals surface area contributed by atoms with Crippen LogP contribution in [0.1, 0.15) is 13.3 Å². The number of rotatable bonds is 4. The maximum Gasteiger partial charge on any atom is 0.223 e. The molecule has 0 radical (unpaired) electrons. The molecule has 0 aromatic carbocycles. The number of hydrogen-bond donors (Lipinski definition) is 2. The maximum absolute atomic E-state index is 8.74. The van der Waals surface area contributed by atoms with Gasteiger partial charge in [0, 0.05) is 11.9 Å². The summed E-state index contributed by atoms with van der Waals surface area (Å²) in [5, 5.41) is 9.86. The average Bonchev–Trinajstić information content (AvgIpc) is 2.12. The molecule has 4 nitrogen and oxygen atoms in total. The Hall–Kier alpha value is -0.520. The predicted octanol–water partition coefficient (Wildman–Crippen LogP) is 1.58. The van der Waals surface area contributed by atoms with Gasteiger partial charge in [-0.25, -0.2) is 9.97 Å². The Morgan fingerprint density at radius 1 is 1.71 bits per heavy atom. The quantitative estimate of drug-likeness (QED) is 0.469. The van der Waals surface area contributed by atoms with Crippen LogP contribution >= 0.6 is 23.4 Å². The van der Waals surface area contributed by atoms with E-state index in [0.29, 0.717) is 17.1 Å². The summed E-state index contributed by atoms with van der Waals surface area (Å²) in [6.45, 7) is 2.16. The minimum Gasteiger partial charge on any atom is -0.396 e. The zero-order valence-corrected chi connectivity index (χ0v) is 9.35. The molecule has 1 rings (SSSR count). The molecule has 1 atom stereocenters. The first-order valence-electron chi connectivity index (χ1n) is 4.19. The molecular formula is C8H12ClN3OS. The number of aliphatic hydroxyl groups excluding tert-OH is 1. The van der Waals surface area contributed by atoms with E-state index in [4.69, 9.17) is 22.4 Å². The van der Waals surface area contributed by atoms with E-state index in [1.807, 2.05) is 6.92 Å². The molecule has 78 valence electrons. The Labute approximate surface area is 91.9 Å². The lowest BCUT2D eigenvalue weighted by Crippen LogP contribution is -2.02. The van der Waals surface area contributed by atoms with E-state index in [1.165, 1.54) is 18.0 Å². The Kier molecular flexibility index (Phi) is 4.44. The highest BCUT2D eigenvalue weighted by atomic mass is 35.5. The molecule has 0 spiro atoms. The van der Waals surface area contributed by atoms with Gasteiger partial charge >= 0.3 is 0 Å². The third kappa shape index (κ3) is 3.32. The smallest absolute Gasteiger partial charge is 0.223 e. The van der Waals surface area contributed by atoms with E-state index < -0.39 is 0 Å². The third-order valence-corrected chi connectivity index (χ3v) is 2.97. The number of halogens is 1. The molecule has 1 unspecified atom stereocenters. The summed E-state index contributed by atoms with van der Waals surface area (Å²) >= 11 is 7.13. The van der Waals surface area contributed by atoms with Crippen molar-refractivity contribution in [2.75, 3.05) is 12.3 Å². The Balaban J connectivity index is 2.70. The lowest BCUT2D eigenvalue weighted by atomic mass is 10.3. The van der Waals surface area contributed by atoms with Crippen LogP contribution in [0.15, 0.2) is 11.2 Å². The Bertz CT molecular complexity index is 311. The molecule has 0 amide bonds. The molecule has 1 aromatic heterocycles. The van der Waals surface area contributed by atoms with E-state index in [9.17, 15) is 0 Å². The Morgan fingerprint density at radius 2 is 2.43 bits per heavy atom. The topological polar surface area (TPSA) is 72.0 Å². The molecule has 1 aromatic rings. The number of thioether (sulfide) groups is 1. The van der Waals surface area contributed by atoms with Gasteiger partial charge in [-0.2, -0.15) is 0 Å². The Morgan fingerprint density at radius 3 is 3.07 bits per heavy atom. The van der Waals surface area contributed by atoms with Gasteiger partial charge in [-0.15, -0.1) is 11.8 Å². The van der Waals surface area contributed by atoms with Crippen LogP contribution in [0.3, 0.4) is 0 Å². The van der Waals surface area contributed by atoms with Crippen LogP contribution in [0.5, 0.6) is 0 Å². The largest absolute Gasteiger partial charge is 0.396 e. The van der Waals surface area contributed by atoms with Gasteiger partial charge in [0.15, 0.2) is 0 Å². The van der Waals surface area contributed by atoms with Gasteiger partial charge in [0.05, 0.1) is 11.9 Å². The van der Waals surface area contributed by atoms with E-state index in [-0.39, 0.29) is 17.1 Å². The fourth-order valence-electron chi connectivity index (χ4n) is 0.881. The summed E-state index contributed by atoms with van der Waals surface area (Å²) in [6, 6.07) is 0. The van der Waals surface area contributed by atoms with E-state index >= 15 is 0 Å². The van der Waals surface area contributed by atoms with Gasteiger partial charge < -0.3 is 10.8 Å². The van der Waals surface area contributed by atoms with Gasteiger partial charge in [-0.05, 0) is 18.0 Å². The van der Waals surface area contributed by atoms with Gasteiger partial charge in [-0.1, -0.05) is 6.92 Å². The summed E-state index contributed by atoms with van der Waals surface area (Å²) in [5.41, 5.74) is 6.18. The lowest BCUT2D eigenvalue weighted by molar-refractivity contribution is 0.289. The average molecular weight is 234 g/mol. The number of aromatic nitrogens is 2. The first-order valence-corrected chi connectivity index (χ1v) is 5.44. The van der Waals surface area contributed by atoms with Crippen molar-refractivity contribution in [3.05, 3.63) is 11.5 Å². The van der Waals surface area contributed by atoms with Crippen molar-refractivity contribution in [2.24, 2.45) is 0 Å². The van der Waals surface area contributed by atoms with Gasteiger partial charge in [0.2, 0.25) is 5.28 Å². The molecule has 0 aliphatic heterocycles. The normalized spacial score (nSPS) is 12.8. The van der Waals surface area contributed by atoms with Crippen LogP contribution in [0.4, 0.5) is 5.69 Å². The van der Waals surface area contributed by atoms with Crippen LogP contribution < -0.4 is 5.73 Å². The summed E-state index contributed by atoms with van der Waals surface area (Å²) in [5.74, 6) is 0. The first kappa shape index (κ1) is 11.6. The van der Waals surface area contributed by atoms with E-state index in [2.05, 4.69) is 9.97 Å². The van der Waals surface area contributed by atoms with Crippen LogP contribution in [0, 0.1) is 0 Å². The number of nitrogens with zero attached hydrogens (tertiary/aromatic N) is 2. The highest BCUT2D eigenvalue weighted by Crippen LogP contribution is 2.28. The second kappa shape index (κ2) is 5.38. The van der Waals surface area contributed by atoms with Crippen molar-refractivity contribution >= 4 is 29.1 Å². The second-order valence-corrected chi connectivity index (χ2v) is 4.61. The molecule has 0 bridgehead atoms. The fourth-order valence-corrected chi connectivity index (χ4v) is 2.00. The molecule has 6 heteroatoms. The van der Waals surface area contributed by atoms with Crippen LogP contribution in [0.25, 0.3) is 0 Å². The molecule has 14 heavy (non-hydrogen) atoms. The maximum atomic E-state index is 8.74. The summed E-state index contributed by atoms with van der Waals surface area (Å²) in [4.78, 5) is 7.76. The molecule has 3 N–H and O–H groups in total. The molecule has 0 aliphatic carbocycles. The molecule has 1 heterocycles. The molecule has 0 saturated carbocycles. The van der Waals surface area contributed by atoms with E-state index in [1.54, 1.807) is 0 Å². The molecule has 0 saturated heterocycles. The van der Waals surface area contributed by atoms with Gasteiger partial charge in [0.1, 0.15) is 5.03 Å². The number of hydrogen-bond acceptors (Lipinski definition) is 5. The minimum atomic E-state index is 0.160. The summed E-state index contributed by atoms with van der Waals surface area (Å²) in [7, 11) is 0. The number of aliphatic hydroxyl groups is 1. The van der Waals surface area contributed by atoms with Crippen molar-refractivity contribution < 1.29 is 5.11 Å². The highest BCUT2D eigenvalue weighted by Gasteiger charge is 2.09. The van der Waals surface area contributed by atoms with Crippen LogP contribution in [-0.2, 0) is 0 Å². The molecular weight excluding hydrogens is 222 g/mol.